The quantitative estimate of drug-likeness (QED) is 0.666. The van der Waals surface area contributed by atoms with Crippen molar-refractivity contribution in [2.45, 2.75) is 18.8 Å². The van der Waals surface area contributed by atoms with Crippen LogP contribution in [0.25, 0.3) is 10.7 Å². The van der Waals surface area contributed by atoms with Gasteiger partial charge in [0.05, 0.1) is 21.5 Å². The lowest BCUT2D eigenvalue weighted by Crippen LogP contribution is -2.01. The molecule has 6 heteroatoms. The van der Waals surface area contributed by atoms with Crippen LogP contribution in [0.5, 0.6) is 0 Å². The van der Waals surface area contributed by atoms with Crippen molar-refractivity contribution in [3.63, 3.8) is 0 Å². The Morgan fingerprint density at radius 1 is 1.32 bits per heavy atom. The van der Waals surface area contributed by atoms with Crippen molar-refractivity contribution in [3.05, 3.63) is 46.0 Å². The summed E-state index contributed by atoms with van der Waals surface area (Å²) in [5, 5.41) is 5.22. The number of thiazole rings is 1. The second-order valence-electron chi connectivity index (χ2n) is 4.04. The van der Waals surface area contributed by atoms with E-state index in [1.54, 1.807) is 22.7 Å². The number of aromatic nitrogens is 3. The average molecular weight is 310 g/mol. The molecule has 3 aromatic rings. The molecule has 3 rings (SSSR count). The van der Waals surface area contributed by atoms with E-state index in [-0.39, 0.29) is 0 Å². The fourth-order valence-corrected chi connectivity index (χ4v) is 3.61. The molecule has 0 saturated heterocycles. The minimum atomic E-state index is 0.488. The molecular weight excluding hydrogens is 298 g/mol. The van der Waals surface area contributed by atoms with Crippen LogP contribution in [0, 0.1) is 0 Å². The zero-order valence-corrected chi connectivity index (χ0v) is 12.5. The van der Waals surface area contributed by atoms with Gasteiger partial charge in [0.25, 0.3) is 0 Å². The van der Waals surface area contributed by atoms with Gasteiger partial charge in [-0.2, -0.15) is 0 Å². The van der Waals surface area contributed by atoms with Crippen molar-refractivity contribution in [1.82, 2.24) is 14.5 Å². The molecule has 0 fully saturated rings. The van der Waals surface area contributed by atoms with Gasteiger partial charge in [-0.25, -0.2) is 9.97 Å². The Labute approximate surface area is 124 Å². The average Bonchev–Trinajstić information content (AvgIpc) is 3.16. The van der Waals surface area contributed by atoms with Gasteiger partial charge in [0.2, 0.25) is 0 Å². The maximum Gasteiger partial charge on any atom is 0.149 e. The highest BCUT2D eigenvalue weighted by atomic mass is 35.5. The third kappa shape index (κ3) is 2.88. The van der Waals surface area contributed by atoms with Gasteiger partial charge in [0.15, 0.2) is 0 Å². The van der Waals surface area contributed by atoms with Crippen LogP contribution in [0.4, 0.5) is 0 Å². The second-order valence-corrected chi connectivity index (χ2v) is 6.20. The number of aryl methyl sites for hydroxylation is 2. The summed E-state index contributed by atoms with van der Waals surface area (Å²) in [6.45, 7) is 0.891. The molecule has 0 amide bonds. The number of nitrogens with zero attached hydrogens (tertiary/aromatic N) is 3. The first-order valence-corrected chi connectivity index (χ1v) is 8.20. The zero-order valence-electron chi connectivity index (χ0n) is 10.1. The molecule has 3 heterocycles. The normalized spacial score (nSPS) is 11.0. The Hall–Kier alpha value is -1.17. The van der Waals surface area contributed by atoms with Crippen LogP contribution in [-0.4, -0.2) is 14.5 Å². The Bertz CT molecular complexity index is 642. The summed E-state index contributed by atoms with van der Waals surface area (Å²) in [5.74, 6) is 1.52. The Kier molecular flexibility index (Phi) is 3.96. The number of halogens is 1. The number of alkyl halides is 1. The van der Waals surface area contributed by atoms with Crippen molar-refractivity contribution in [2.24, 2.45) is 0 Å². The second kappa shape index (κ2) is 5.86. The predicted molar refractivity (Wildman–Crippen MR) is 80.9 cm³/mol. The molecule has 98 valence electrons. The fraction of sp³-hybridized carbons (Fsp3) is 0.231. The Morgan fingerprint density at radius 3 is 3.00 bits per heavy atom. The first-order chi connectivity index (χ1) is 9.36. The zero-order chi connectivity index (χ0) is 13.1. The van der Waals surface area contributed by atoms with Crippen molar-refractivity contribution in [1.29, 1.82) is 0 Å². The molecule has 0 bridgehead atoms. The topological polar surface area (TPSA) is 30.7 Å². The highest BCUT2D eigenvalue weighted by Crippen LogP contribution is 2.23. The van der Waals surface area contributed by atoms with E-state index in [9.17, 15) is 0 Å². The lowest BCUT2D eigenvalue weighted by molar-refractivity contribution is 0.700. The molecule has 0 aliphatic heterocycles. The minimum absolute atomic E-state index is 0.488. The lowest BCUT2D eigenvalue weighted by Gasteiger charge is -2.04. The molecule has 0 spiro atoms. The van der Waals surface area contributed by atoms with Gasteiger partial charge in [0.1, 0.15) is 5.82 Å². The van der Waals surface area contributed by atoms with E-state index in [4.69, 9.17) is 11.6 Å². The molecule has 19 heavy (non-hydrogen) atoms. The summed E-state index contributed by atoms with van der Waals surface area (Å²) < 4.78 is 2.17. The van der Waals surface area contributed by atoms with Gasteiger partial charge in [-0.05, 0) is 11.4 Å². The number of hydrogen-bond acceptors (Lipinski definition) is 4. The molecule has 0 atom stereocenters. The largest absolute Gasteiger partial charge is 0.330 e. The molecule has 0 radical (unpaired) electrons. The highest BCUT2D eigenvalue weighted by Gasteiger charge is 2.08. The summed E-state index contributed by atoms with van der Waals surface area (Å²) in [7, 11) is 0. The number of rotatable bonds is 5. The highest BCUT2D eigenvalue weighted by molar-refractivity contribution is 7.13. The van der Waals surface area contributed by atoms with E-state index in [0.717, 1.165) is 29.5 Å². The van der Waals surface area contributed by atoms with Crippen LogP contribution in [-0.2, 0) is 18.8 Å². The van der Waals surface area contributed by atoms with Crippen LogP contribution in [0.1, 0.15) is 10.7 Å². The van der Waals surface area contributed by atoms with Crippen LogP contribution in [0.2, 0.25) is 0 Å². The summed E-state index contributed by atoms with van der Waals surface area (Å²) in [6.07, 6.45) is 4.78. The first-order valence-electron chi connectivity index (χ1n) is 5.91. The summed E-state index contributed by atoms with van der Waals surface area (Å²) >= 11 is 9.15. The van der Waals surface area contributed by atoms with Crippen LogP contribution in [0.15, 0.2) is 35.3 Å². The first kappa shape index (κ1) is 12.8. The van der Waals surface area contributed by atoms with Crippen LogP contribution >= 0.6 is 34.3 Å². The molecule has 0 unspecified atom stereocenters. The molecule has 3 aromatic heterocycles. The minimum Gasteiger partial charge on any atom is -0.330 e. The van der Waals surface area contributed by atoms with Crippen LogP contribution in [0.3, 0.4) is 0 Å². The number of hydrogen-bond donors (Lipinski definition) is 0. The van der Waals surface area contributed by atoms with Gasteiger partial charge < -0.3 is 4.57 Å². The van der Waals surface area contributed by atoms with Crippen molar-refractivity contribution < 1.29 is 0 Å². The third-order valence-corrected chi connectivity index (χ3v) is 4.86. The van der Waals surface area contributed by atoms with Crippen LogP contribution < -0.4 is 0 Å². The smallest absolute Gasteiger partial charge is 0.149 e. The predicted octanol–water partition coefficient (Wildman–Crippen LogP) is 4.05. The van der Waals surface area contributed by atoms with Gasteiger partial charge in [-0.15, -0.1) is 34.3 Å². The van der Waals surface area contributed by atoms with E-state index in [1.807, 2.05) is 23.8 Å². The monoisotopic (exact) mass is 309 g/mol. The van der Waals surface area contributed by atoms with E-state index >= 15 is 0 Å². The molecule has 0 aliphatic rings. The van der Waals surface area contributed by atoms with Gasteiger partial charge in [0, 0.05) is 30.7 Å². The number of imidazole rings is 1. The molecule has 3 nitrogen and oxygen atoms in total. The number of thiophene rings is 1. The van der Waals surface area contributed by atoms with Crippen molar-refractivity contribution in [3.8, 4) is 10.7 Å². The fourth-order valence-electron chi connectivity index (χ4n) is 1.86. The van der Waals surface area contributed by atoms with Crippen molar-refractivity contribution >= 4 is 34.3 Å². The van der Waals surface area contributed by atoms with Gasteiger partial charge in [-0.3, -0.25) is 0 Å². The van der Waals surface area contributed by atoms with E-state index < -0.39 is 0 Å². The van der Waals surface area contributed by atoms with E-state index in [0.29, 0.717) is 5.88 Å². The molecular formula is C13H12ClN3S2. The van der Waals surface area contributed by atoms with Gasteiger partial charge >= 0.3 is 0 Å². The summed E-state index contributed by atoms with van der Waals surface area (Å²) in [5.41, 5.74) is 0.964. The van der Waals surface area contributed by atoms with Crippen molar-refractivity contribution in [2.75, 3.05) is 0 Å². The van der Waals surface area contributed by atoms with E-state index in [1.165, 1.54) is 4.88 Å². The van der Waals surface area contributed by atoms with Gasteiger partial charge in [-0.1, -0.05) is 6.07 Å². The Balaban J connectivity index is 1.72. The third-order valence-electron chi connectivity index (χ3n) is 2.76. The van der Waals surface area contributed by atoms with E-state index in [2.05, 4.69) is 26.0 Å². The summed E-state index contributed by atoms with van der Waals surface area (Å²) in [4.78, 5) is 10.1. The molecule has 0 saturated carbocycles. The lowest BCUT2D eigenvalue weighted by atomic mass is 10.4. The molecule has 0 aliphatic carbocycles. The Morgan fingerprint density at radius 2 is 2.26 bits per heavy atom. The SMILES string of the molecule is ClCc1csc(CCn2ccnc2-c2cccs2)n1. The molecule has 0 N–H and O–H groups in total. The maximum atomic E-state index is 5.76. The standard InChI is InChI=1S/C13H12ClN3S2/c14-8-10-9-19-12(16-10)3-5-17-6-4-15-13(17)11-2-1-7-18-11/h1-2,4,6-7,9H,3,5,8H2. The molecule has 0 aromatic carbocycles. The summed E-state index contributed by atoms with van der Waals surface area (Å²) in [6, 6.07) is 4.14. The maximum absolute atomic E-state index is 5.76.